The van der Waals surface area contributed by atoms with E-state index in [4.69, 9.17) is 4.74 Å². The quantitative estimate of drug-likeness (QED) is 0.159. The average Bonchev–Trinajstić information content (AvgIpc) is 3.11. The third kappa shape index (κ3) is 9.01. The van der Waals surface area contributed by atoms with Gasteiger partial charge in [-0.15, -0.1) is 0 Å². The molecule has 2 amide bonds. The molecule has 1 aliphatic carbocycles. The minimum Gasteiger partial charge on any atom is -0.457 e. The molecule has 9 heteroatoms. The van der Waals surface area contributed by atoms with E-state index in [1.807, 2.05) is 67.6 Å². The van der Waals surface area contributed by atoms with Gasteiger partial charge in [0.1, 0.15) is 24.1 Å². The van der Waals surface area contributed by atoms with Crippen molar-refractivity contribution in [1.29, 1.82) is 0 Å². The van der Waals surface area contributed by atoms with E-state index >= 15 is 0 Å². The molecule has 0 heterocycles. The number of nitrogens with one attached hydrogen (secondary N) is 1. The second-order valence-electron chi connectivity index (χ2n) is 11.8. The Kier molecular flexibility index (Phi) is 11.7. The van der Waals surface area contributed by atoms with Gasteiger partial charge in [-0.1, -0.05) is 92.9 Å². The van der Waals surface area contributed by atoms with Crippen LogP contribution in [0.2, 0.25) is 0 Å². The van der Waals surface area contributed by atoms with Crippen LogP contribution < -0.4 is 14.4 Å². The van der Waals surface area contributed by atoms with Gasteiger partial charge in [0.2, 0.25) is 11.8 Å². The van der Waals surface area contributed by atoms with Gasteiger partial charge in [-0.3, -0.25) is 13.9 Å². The SMILES string of the molecule is CCC(C(=O)NC1CCCCC1)N(CCc1ccccc1)C(=O)CN(c1ccc(Oc2ccccc2)cc1)S(=O)(=O)c1ccccc1. The summed E-state index contributed by atoms with van der Waals surface area (Å²) < 4.78 is 35.3. The van der Waals surface area contributed by atoms with E-state index in [9.17, 15) is 18.0 Å². The van der Waals surface area contributed by atoms with Crippen LogP contribution in [0, 0.1) is 0 Å². The highest BCUT2D eigenvalue weighted by atomic mass is 32.2. The molecular weight excluding hydrogens is 611 g/mol. The van der Waals surface area contributed by atoms with Crippen LogP contribution >= 0.6 is 0 Å². The second-order valence-corrected chi connectivity index (χ2v) is 13.7. The van der Waals surface area contributed by atoms with Crippen molar-refractivity contribution in [2.24, 2.45) is 0 Å². The average molecular weight is 654 g/mol. The predicted molar refractivity (Wildman–Crippen MR) is 185 cm³/mol. The highest BCUT2D eigenvalue weighted by Gasteiger charge is 2.34. The standard InChI is InChI=1S/C38H43N3O5S/c1-2-36(38(43)39-31-17-9-4-10-18-31)40(28-27-30-15-7-3-8-16-30)37(42)29-41(47(44,45)35-21-13-6-14-22-35)32-23-25-34(26-24-32)46-33-19-11-5-12-20-33/h3,5-8,11-16,19-26,31,36H,2,4,9-10,17-18,27-29H2,1H3,(H,39,43). The lowest BCUT2D eigenvalue weighted by molar-refractivity contribution is -0.140. The predicted octanol–water partition coefficient (Wildman–Crippen LogP) is 6.97. The van der Waals surface area contributed by atoms with Gasteiger partial charge in [0.15, 0.2) is 0 Å². The Bertz CT molecular complexity index is 1680. The Morgan fingerprint density at radius 3 is 1.98 bits per heavy atom. The van der Waals surface area contributed by atoms with Gasteiger partial charge in [0.05, 0.1) is 10.6 Å². The van der Waals surface area contributed by atoms with Crippen molar-refractivity contribution in [3.63, 3.8) is 0 Å². The number of amides is 2. The van der Waals surface area contributed by atoms with Crippen molar-refractivity contribution < 1.29 is 22.7 Å². The van der Waals surface area contributed by atoms with E-state index in [1.165, 1.54) is 12.1 Å². The molecule has 0 saturated heterocycles. The molecule has 0 spiro atoms. The largest absolute Gasteiger partial charge is 0.457 e. The molecule has 246 valence electrons. The molecule has 4 aromatic rings. The first-order chi connectivity index (χ1) is 22.8. The number of nitrogens with zero attached hydrogens (tertiary/aromatic N) is 2. The molecule has 8 nitrogen and oxygen atoms in total. The van der Waals surface area contributed by atoms with Gasteiger partial charge in [0, 0.05) is 12.6 Å². The van der Waals surface area contributed by atoms with Crippen LogP contribution in [-0.2, 0) is 26.0 Å². The minimum atomic E-state index is -4.15. The number of rotatable bonds is 14. The fraction of sp³-hybridized carbons (Fsp3) is 0.316. The van der Waals surface area contributed by atoms with Crippen molar-refractivity contribution in [1.82, 2.24) is 10.2 Å². The van der Waals surface area contributed by atoms with Crippen LogP contribution in [0.4, 0.5) is 5.69 Å². The molecule has 0 aromatic heterocycles. The van der Waals surface area contributed by atoms with E-state index < -0.39 is 28.5 Å². The van der Waals surface area contributed by atoms with E-state index in [0.29, 0.717) is 30.0 Å². The number of benzene rings is 4. The molecule has 1 fully saturated rings. The molecule has 1 atom stereocenters. The number of hydrogen-bond acceptors (Lipinski definition) is 5. The lowest BCUT2D eigenvalue weighted by atomic mass is 9.95. The number of anilines is 1. The summed E-state index contributed by atoms with van der Waals surface area (Å²) in [4.78, 5) is 29.7. The molecule has 1 N–H and O–H groups in total. The topological polar surface area (TPSA) is 96.0 Å². The second kappa shape index (κ2) is 16.3. The molecule has 1 saturated carbocycles. The van der Waals surface area contributed by atoms with Gasteiger partial charge in [0.25, 0.3) is 10.0 Å². The highest BCUT2D eigenvalue weighted by molar-refractivity contribution is 7.92. The van der Waals surface area contributed by atoms with Crippen molar-refractivity contribution in [3.05, 3.63) is 121 Å². The number of para-hydroxylation sites is 1. The summed E-state index contributed by atoms with van der Waals surface area (Å²) in [5.41, 5.74) is 1.33. The lowest BCUT2D eigenvalue weighted by Gasteiger charge is -2.34. The Hall–Kier alpha value is -4.63. The van der Waals surface area contributed by atoms with Crippen LogP contribution in [0.5, 0.6) is 11.5 Å². The molecule has 0 bridgehead atoms. The monoisotopic (exact) mass is 653 g/mol. The number of carbonyl (C=O) groups is 2. The summed E-state index contributed by atoms with van der Waals surface area (Å²) in [6.07, 6.45) is 6.07. The van der Waals surface area contributed by atoms with Gasteiger partial charge >= 0.3 is 0 Å². The maximum Gasteiger partial charge on any atom is 0.264 e. The Labute approximate surface area is 278 Å². The molecule has 47 heavy (non-hydrogen) atoms. The molecule has 1 aliphatic rings. The fourth-order valence-corrected chi connectivity index (χ4v) is 7.43. The highest BCUT2D eigenvalue weighted by Crippen LogP contribution is 2.28. The van der Waals surface area contributed by atoms with Crippen LogP contribution in [-0.4, -0.2) is 50.3 Å². The van der Waals surface area contributed by atoms with E-state index in [0.717, 1.165) is 42.0 Å². The first-order valence-corrected chi connectivity index (χ1v) is 17.8. The number of ether oxygens (including phenoxy) is 1. The van der Waals surface area contributed by atoms with Gasteiger partial charge < -0.3 is 15.0 Å². The van der Waals surface area contributed by atoms with Gasteiger partial charge in [-0.05, 0) is 79.8 Å². The summed E-state index contributed by atoms with van der Waals surface area (Å²) in [6.45, 7) is 1.68. The zero-order valence-electron chi connectivity index (χ0n) is 26.8. The zero-order valence-corrected chi connectivity index (χ0v) is 27.6. The summed E-state index contributed by atoms with van der Waals surface area (Å²) in [5, 5.41) is 3.19. The minimum absolute atomic E-state index is 0.0651. The Morgan fingerprint density at radius 1 is 0.787 bits per heavy atom. The summed E-state index contributed by atoms with van der Waals surface area (Å²) in [6, 6.07) is 33.1. The van der Waals surface area contributed by atoms with Crippen molar-refractivity contribution >= 4 is 27.5 Å². The van der Waals surface area contributed by atoms with Crippen molar-refractivity contribution in [3.8, 4) is 11.5 Å². The zero-order chi connectivity index (χ0) is 33.1. The normalized spacial score (nSPS) is 14.1. The summed E-state index contributed by atoms with van der Waals surface area (Å²) >= 11 is 0. The molecule has 4 aromatic carbocycles. The maximum absolute atomic E-state index is 14.3. The number of sulfonamides is 1. The third-order valence-corrected chi connectivity index (χ3v) is 10.3. The number of carbonyl (C=O) groups excluding carboxylic acids is 2. The molecule has 0 aliphatic heterocycles. The van der Waals surface area contributed by atoms with Crippen LogP contribution in [0.25, 0.3) is 0 Å². The summed E-state index contributed by atoms with van der Waals surface area (Å²) in [7, 11) is -4.15. The fourth-order valence-electron chi connectivity index (χ4n) is 5.99. The Morgan fingerprint density at radius 2 is 1.36 bits per heavy atom. The summed E-state index contributed by atoms with van der Waals surface area (Å²) in [5.74, 6) is 0.532. The Balaban J connectivity index is 1.44. The maximum atomic E-state index is 14.3. The number of hydrogen-bond donors (Lipinski definition) is 1. The van der Waals surface area contributed by atoms with Gasteiger partial charge in [-0.25, -0.2) is 8.42 Å². The third-order valence-electron chi connectivity index (χ3n) is 8.54. The molecule has 0 radical (unpaired) electrons. The van der Waals surface area contributed by atoms with Crippen molar-refractivity contribution in [2.75, 3.05) is 17.4 Å². The van der Waals surface area contributed by atoms with Gasteiger partial charge in [-0.2, -0.15) is 0 Å². The molecule has 1 unspecified atom stereocenters. The van der Waals surface area contributed by atoms with E-state index in [-0.39, 0.29) is 23.4 Å². The first-order valence-electron chi connectivity index (χ1n) is 16.4. The van der Waals surface area contributed by atoms with E-state index in [1.54, 1.807) is 47.4 Å². The van der Waals surface area contributed by atoms with Crippen LogP contribution in [0.1, 0.15) is 51.0 Å². The first kappa shape index (κ1) is 33.7. The lowest BCUT2D eigenvalue weighted by Crippen LogP contribution is -2.54. The smallest absolute Gasteiger partial charge is 0.264 e. The van der Waals surface area contributed by atoms with Crippen LogP contribution in [0.15, 0.2) is 120 Å². The molecular formula is C38H43N3O5S. The molecule has 5 rings (SSSR count). The van der Waals surface area contributed by atoms with Crippen molar-refractivity contribution in [2.45, 2.75) is 68.8 Å². The van der Waals surface area contributed by atoms with Crippen LogP contribution in [0.3, 0.4) is 0 Å². The van der Waals surface area contributed by atoms with E-state index in [2.05, 4.69) is 5.32 Å².